The fourth-order valence-corrected chi connectivity index (χ4v) is 2.13. The van der Waals surface area contributed by atoms with Crippen LogP contribution in [0.1, 0.15) is 48.8 Å². The van der Waals surface area contributed by atoms with E-state index >= 15 is 0 Å². The molecule has 0 aliphatic heterocycles. The normalized spacial score (nSPS) is 14.9. The van der Waals surface area contributed by atoms with Crippen LogP contribution in [0.2, 0.25) is 0 Å². The Labute approximate surface area is 113 Å². The Hall–Kier alpha value is -1.56. The van der Waals surface area contributed by atoms with E-state index in [0.717, 1.165) is 18.5 Å². The second-order valence-electron chi connectivity index (χ2n) is 5.26. The third-order valence-corrected chi connectivity index (χ3v) is 3.44. The molecule has 19 heavy (non-hydrogen) atoms. The zero-order valence-corrected chi connectivity index (χ0v) is 11.8. The van der Waals surface area contributed by atoms with Crippen LogP contribution in [0.15, 0.2) is 0 Å². The molecule has 1 aromatic heterocycles. The number of ether oxygens (including phenoxy) is 1. The molecule has 0 bridgehead atoms. The molecular formula is C13H22N4O2. The van der Waals surface area contributed by atoms with Gasteiger partial charge in [0.2, 0.25) is 0 Å². The Bertz CT molecular complexity index is 451. The second-order valence-corrected chi connectivity index (χ2v) is 5.26. The maximum Gasteiger partial charge on any atom is 0.276 e. The minimum atomic E-state index is -0.132. The highest BCUT2D eigenvalue weighted by atomic mass is 16.5. The molecule has 3 N–H and O–H groups in total. The molecule has 6 heteroatoms. The van der Waals surface area contributed by atoms with E-state index in [9.17, 15) is 4.79 Å². The van der Waals surface area contributed by atoms with E-state index in [1.807, 2.05) is 13.8 Å². The number of nitrogens with two attached hydrogens (primary N) is 1. The number of carbonyl (C=O) groups excluding carboxylic acids is 1. The molecule has 1 heterocycles. The van der Waals surface area contributed by atoms with Gasteiger partial charge in [-0.05, 0) is 26.7 Å². The number of aromatic nitrogens is 2. The van der Waals surface area contributed by atoms with Gasteiger partial charge in [-0.15, -0.1) is 0 Å². The first-order valence-corrected chi connectivity index (χ1v) is 6.69. The van der Waals surface area contributed by atoms with Crippen molar-refractivity contribution in [3.05, 3.63) is 11.4 Å². The van der Waals surface area contributed by atoms with Crippen LogP contribution in [0.25, 0.3) is 0 Å². The van der Waals surface area contributed by atoms with Crippen LogP contribution in [0, 0.1) is 0 Å². The Morgan fingerprint density at radius 3 is 2.79 bits per heavy atom. The molecule has 2 rings (SSSR count). The highest BCUT2D eigenvalue weighted by molar-refractivity contribution is 5.98. The van der Waals surface area contributed by atoms with Crippen molar-refractivity contribution in [1.82, 2.24) is 15.1 Å². The Balaban J connectivity index is 2.16. The molecule has 0 aromatic carbocycles. The van der Waals surface area contributed by atoms with E-state index in [1.165, 1.54) is 0 Å². The van der Waals surface area contributed by atoms with Gasteiger partial charge in [0.15, 0.2) is 5.69 Å². The van der Waals surface area contributed by atoms with Crippen molar-refractivity contribution >= 4 is 11.6 Å². The zero-order chi connectivity index (χ0) is 14.0. The Morgan fingerprint density at radius 2 is 2.26 bits per heavy atom. The van der Waals surface area contributed by atoms with E-state index in [1.54, 1.807) is 12.0 Å². The summed E-state index contributed by atoms with van der Waals surface area (Å²) in [7, 11) is 1.62. The van der Waals surface area contributed by atoms with Crippen molar-refractivity contribution in [3.63, 3.8) is 0 Å². The van der Waals surface area contributed by atoms with Crippen molar-refractivity contribution in [2.24, 2.45) is 0 Å². The van der Waals surface area contributed by atoms with Gasteiger partial charge in [-0.1, -0.05) is 0 Å². The first kappa shape index (κ1) is 13.9. The van der Waals surface area contributed by atoms with E-state index < -0.39 is 0 Å². The summed E-state index contributed by atoms with van der Waals surface area (Å²) in [4.78, 5) is 14.2. The molecule has 6 nitrogen and oxygen atoms in total. The zero-order valence-electron chi connectivity index (χ0n) is 11.8. The van der Waals surface area contributed by atoms with Crippen LogP contribution in [-0.2, 0) is 4.74 Å². The summed E-state index contributed by atoms with van der Waals surface area (Å²) in [6, 6.07) is 0.0862. The number of nitrogens with one attached hydrogen (secondary N) is 1. The standard InChI is InChI=1S/C13H22N4O2/c1-8(2)17(6-7-19-3)13(18)12-10(14)11(15-16-12)9-4-5-9/h8-9H,4-7,14H2,1-3H3,(H,15,16). The Kier molecular flexibility index (Phi) is 4.09. The minimum absolute atomic E-state index is 0.0862. The lowest BCUT2D eigenvalue weighted by molar-refractivity contribution is 0.0630. The summed E-state index contributed by atoms with van der Waals surface area (Å²) in [5, 5.41) is 7.02. The van der Waals surface area contributed by atoms with E-state index in [-0.39, 0.29) is 11.9 Å². The van der Waals surface area contributed by atoms with Crippen molar-refractivity contribution in [3.8, 4) is 0 Å². The SMILES string of the molecule is COCCN(C(=O)c1n[nH]c(C2CC2)c1N)C(C)C. The predicted octanol–water partition coefficient (Wildman–Crippen LogP) is 1.37. The number of methoxy groups -OCH3 is 1. The molecule has 1 aliphatic rings. The Morgan fingerprint density at radius 1 is 1.58 bits per heavy atom. The first-order chi connectivity index (χ1) is 9.06. The summed E-state index contributed by atoms with van der Waals surface area (Å²) >= 11 is 0. The van der Waals surface area contributed by atoms with Gasteiger partial charge in [0.25, 0.3) is 5.91 Å². The predicted molar refractivity (Wildman–Crippen MR) is 73.0 cm³/mol. The highest BCUT2D eigenvalue weighted by Crippen LogP contribution is 2.42. The molecule has 1 fully saturated rings. The maximum atomic E-state index is 12.5. The maximum absolute atomic E-state index is 12.5. The van der Waals surface area contributed by atoms with Gasteiger partial charge in [-0.3, -0.25) is 9.89 Å². The fourth-order valence-electron chi connectivity index (χ4n) is 2.13. The van der Waals surface area contributed by atoms with E-state index in [0.29, 0.717) is 30.5 Å². The van der Waals surface area contributed by atoms with Crippen molar-refractivity contribution in [2.45, 2.75) is 38.6 Å². The van der Waals surface area contributed by atoms with E-state index in [4.69, 9.17) is 10.5 Å². The minimum Gasteiger partial charge on any atom is -0.395 e. The van der Waals surface area contributed by atoms with Crippen molar-refractivity contribution in [2.75, 3.05) is 26.0 Å². The second kappa shape index (κ2) is 5.61. The number of nitrogens with zero attached hydrogens (tertiary/aromatic N) is 2. The van der Waals surface area contributed by atoms with Gasteiger partial charge >= 0.3 is 0 Å². The summed E-state index contributed by atoms with van der Waals surface area (Å²) < 4.78 is 5.04. The van der Waals surface area contributed by atoms with Crippen LogP contribution < -0.4 is 5.73 Å². The average Bonchev–Trinajstić information content (AvgIpc) is 3.13. The third-order valence-electron chi connectivity index (χ3n) is 3.44. The molecule has 0 saturated heterocycles. The summed E-state index contributed by atoms with van der Waals surface area (Å²) in [5.41, 5.74) is 7.80. The smallest absolute Gasteiger partial charge is 0.276 e. The van der Waals surface area contributed by atoms with E-state index in [2.05, 4.69) is 10.2 Å². The molecule has 0 spiro atoms. The average molecular weight is 266 g/mol. The van der Waals surface area contributed by atoms with Gasteiger partial charge in [0.05, 0.1) is 18.0 Å². The van der Waals surface area contributed by atoms with Crippen LogP contribution in [0.3, 0.4) is 0 Å². The van der Waals surface area contributed by atoms with Gasteiger partial charge in [-0.25, -0.2) is 0 Å². The molecule has 106 valence electrons. The monoisotopic (exact) mass is 266 g/mol. The number of nitrogen functional groups attached to an aromatic ring is 1. The topological polar surface area (TPSA) is 84.2 Å². The molecule has 1 aliphatic carbocycles. The quantitative estimate of drug-likeness (QED) is 0.814. The summed E-state index contributed by atoms with van der Waals surface area (Å²) in [6.45, 7) is 4.98. The first-order valence-electron chi connectivity index (χ1n) is 6.69. The number of anilines is 1. The molecule has 0 radical (unpaired) electrons. The summed E-state index contributed by atoms with van der Waals surface area (Å²) in [5.74, 6) is 0.327. The molecule has 1 aromatic rings. The summed E-state index contributed by atoms with van der Waals surface area (Å²) in [6.07, 6.45) is 2.25. The van der Waals surface area contributed by atoms with Crippen LogP contribution >= 0.6 is 0 Å². The van der Waals surface area contributed by atoms with Gasteiger partial charge in [0.1, 0.15) is 0 Å². The number of hydrogen-bond acceptors (Lipinski definition) is 4. The number of carbonyl (C=O) groups is 1. The third kappa shape index (κ3) is 2.89. The molecular weight excluding hydrogens is 244 g/mol. The fraction of sp³-hybridized carbons (Fsp3) is 0.692. The van der Waals surface area contributed by atoms with Crippen molar-refractivity contribution in [1.29, 1.82) is 0 Å². The molecule has 1 saturated carbocycles. The lowest BCUT2D eigenvalue weighted by Crippen LogP contribution is -2.39. The molecule has 0 atom stereocenters. The lowest BCUT2D eigenvalue weighted by Gasteiger charge is -2.25. The van der Waals surface area contributed by atoms with Crippen LogP contribution in [0.5, 0.6) is 0 Å². The van der Waals surface area contributed by atoms with Gasteiger partial charge in [-0.2, -0.15) is 5.10 Å². The highest BCUT2D eigenvalue weighted by Gasteiger charge is 2.31. The number of aromatic amines is 1. The number of rotatable bonds is 6. The molecule has 1 amide bonds. The lowest BCUT2D eigenvalue weighted by atomic mass is 10.2. The van der Waals surface area contributed by atoms with Crippen molar-refractivity contribution < 1.29 is 9.53 Å². The number of H-pyrrole nitrogens is 1. The number of amides is 1. The largest absolute Gasteiger partial charge is 0.395 e. The number of hydrogen-bond donors (Lipinski definition) is 2. The van der Waals surface area contributed by atoms with Crippen LogP contribution in [-0.4, -0.2) is 47.3 Å². The van der Waals surface area contributed by atoms with Gasteiger partial charge < -0.3 is 15.4 Å². The van der Waals surface area contributed by atoms with Gasteiger partial charge in [0, 0.05) is 25.6 Å². The van der Waals surface area contributed by atoms with Crippen LogP contribution in [0.4, 0.5) is 5.69 Å². The molecule has 0 unspecified atom stereocenters.